The summed E-state index contributed by atoms with van der Waals surface area (Å²) in [6.07, 6.45) is 1.56. The van der Waals surface area contributed by atoms with Crippen LogP contribution in [0, 0.1) is 6.92 Å². The molecule has 2 rings (SSSR count). The summed E-state index contributed by atoms with van der Waals surface area (Å²) in [6, 6.07) is 8.57. The van der Waals surface area contributed by atoms with Crippen LogP contribution in [0.1, 0.15) is 17.3 Å². The number of anilines is 1. The molecule has 0 aliphatic carbocycles. The normalized spacial score (nSPS) is 12.1. The Labute approximate surface area is 99.0 Å². The Balaban J connectivity index is 2.09. The van der Waals surface area contributed by atoms with Crippen molar-refractivity contribution in [3.8, 4) is 0 Å². The molecule has 5 nitrogen and oxygen atoms in total. The highest BCUT2D eigenvalue weighted by Gasteiger charge is 2.16. The predicted molar refractivity (Wildman–Crippen MR) is 65.3 cm³/mol. The van der Waals surface area contributed by atoms with Crippen LogP contribution in [-0.2, 0) is 4.79 Å². The molecule has 88 valence electrons. The van der Waals surface area contributed by atoms with E-state index in [1.54, 1.807) is 6.20 Å². The maximum absolute atomic E-state index is 11.9. The van der Waals surface area contributed by atoms with Crippen LogP contribution in [0.4, 0.5) is 5.69 Å². The number of aromatic amines is 1. The lowest BCUT2D eigenvalue weighted by Crippen LogP contribution is -2.27. The van der Waals surface area contributed by atoms with Crippen molar-refractivity contribution in [3.63, 3.8) is 0 Å². The first-order valence-electron chi connectivity index (χ1n) is 5.30. The van der Waals surface area contributed by atoms with Crippen molar-refractivity contribution in [1.29, 1.82) is 0 Å². The van der Waals surface area contributed by atoms with Crippen molar-refractivity contribution in [2.45, 2.75) is 13.0 Å². The molecule has 0 fully saturated rings. The lowest BCUT2D eigenvalue weighted by atomic mass is 10.1. The standard InChI is InChI=1S/C12H14N4O/c1-8-10(7-14-16-8)15-12(17)11(13)9-5-3-2-4-6-9/h2-7,11H,13H2,1H3,(H,14,16)(H,15,17). The van der Waals surface area contributed by atoms with Crippen LogP contribution in [0.5, 0.6) is 0 Å². The van der Waals surface area contributed by atoms with Gasteiger partial charge in [0.15, 0.2) is 0 Å². The van der Waals surface area contributed by atoms with Crippen LogP contribution >= 0.6 is 0 Å². The number of amides is 1. The molecule has 0 aliphatic heterocycles. The van der Waals surface area contributed by atoms with E-state index in [1.807, 2.05) is 37.3 Å². The average molecular weight is 230 g/mol. The summed E-state index contributed by atoms with van der Waals surface area (Å²) in [5, 5.41) is 9.30. The third kappa shape index (κ3) is 2.51. The summed E-state index contributed by atoms with van der Waals surface area (Å²) in [5.41, 5.74) is 8.10. The van der Waals surface area contributed by atoms with Crippen LogP contribution < -0.4 is 11.1 Å². The molecule has 0 bridgehead atoms. The molecular formula is C12H14N4O. The second kappa shape index (κ2) is 4.80. The Morgan fingerprint density at radius 3 is 2.71 bits per heavy atom. The molecule has 1 aromatic heterocycles. The highest BCUT2D eigenvalue weighted by molar-refractivity contribution is 5.95. The first-order valence-corrected chi connectivity index (χ1v) is 5.30. The van der Waals surface area contributed by atoms with Gasteiger partial charge in [0.25, 0.3) is 0 Å². The van der Waals surface area contributed by atoms with Crippen LogP contribution in [0.15, 0.2) is 36.5 Å². The van der Waals surface area contributed by atoms with Crippen molar-refractivity contribution < 1.29 is 4.79 Å². The van der Waals surface area contributed by atoms with Gasteiger partial charge in [0.05, 0.1) is 17.6 Å². The smallest absolute Gasteiger partial charge is 0.245 e. The van der Waals surface area contributed by atoms with Crippen LogP contribution in [0.2, 0.25) is 0 Å². The molecule has 0 saturated heterocycles. The average Bonchev–Trinajstić information content (AvgIpc) is 2.75. The van der Waals surface area contributed by atoms with Crippen LogP contribution in [0.3, 0.4) is 0 Å². The van der Waals surface area contributed by atoms with Crippen molar-refractivity contribution >= 4 is 11.6 Å². The molecule has 1 amide bonds. The maximum Gasteiger partial charge on any atom is 0.245 e. The Kier molecular flexibility index (Phi) is 3.20. The molecule has 1 unspecified atom stereocenters. The Morgan fingerprint density at radius 2 is 2.12 bits per heavy atom. The summed E-state index contributed by atoms with van der Waals surface area (Å²) in [5.74, 6) is -0.249. The second-order valence-electron chi connectivity index (χ2n) is 3.79. The number of carbonyl (C=O) groups is 1. The van der Waals surface area contributed by atoms with Crippen molar-refractivity contribution in [2.75, 3.05) is 5.32 Å². The summed E-state index contributed by atoms with van der Waals surface area (Å²) < 4.78 is 0. The molecule has 0 aliphatic rings. The Bertz CT molecular complexity index is 506. The molecule has 1 aromatic carbocycles. The van der Waals surface area contributed by atoms with Gasteiger partial charge in [-0.05, 0) is 12.5 Å². The van der Waals surface area contributed by atoms with E-state index in [0.29, 0.717) is 5.69 Å². The summed E-state index contributed by atoms with van der Waals surface area (Å²) in [7, 11) is 0. The Hall–Kier alpha value is -2.14. The number of nitrogens with two attached hydrogens (primary N) is 1. The number of aryl methyl sites for hydroxylation is 1. The maximum atomic E-state index is 11.9. The number of nitrogens with zero attached hydrogens (tertiary/aromatic N) is 1. The molecule has 2 aromatic rings. The zero-order chi connectivity index (χ0) is 12.3. The summed E-state index contributed by atoms with van der Waals surface area (Å²) in [4.78, 5) is 11.9. The van der Waals surface area contributed by atoms with Gasteiger partial charge in [-0.1, -0.05) is 30.3 Å². The first-order chi connectivity index (χ1) is 8.18. The van der Waals surface area contributed by atoms with Gasteiger partial charge in [0.2, 0.25) is 5.91 Å². The monoisotopic (exact) mass is 230 g/mol. The highest BCUT2D eigenvalue weighted by atomic mass is 16.2. The number of nitrogens with one attached hydrogen (secondary N) is 2. The number of rotatable bonds is 3. The fourth-order valence-corrected chi connectivity index (χ4v) is 1.50. The zero-order valence-corrected chi connectivity index (χ0v) is 9.47. The Morgan fingerprint density at radius 1 is 1.41 bits per heavy atom. The minimum atomic E-state index is -0.675. The van der Waals surface area contributed by atoms with E-state index in [-0.39, 0.29) is 5.91 Å². The number of hydrogen-bond acceptors (Lipinski definition) is 3. The largest absolute Gasteiger partial charge is 0.322 e. The first kappa shape index (κ1) is 11.3. The van der Waals surface area contributed by atoms with E-state index in [0.717, 1.165) is 11.3 Å². The van der Waals surface area contributed by atoms with Gasteiger partial charge in [-0.25, -0.2) is 0 Å². The third-order valence-electron chi connectivity index (χ3n) is 2.53. The minimum Gasteiger partial charge on any atom is -0.322 e. The van der Waals surface area contributed by atoms with Gasteiger partial charge in [-0.3, -0.25) is 9.89 Å². The molecule has 0 saturated carbocycles. The summed E-state index contributed by atoms with van der Waals surface area (Å²) in [6.45, 7) is 1.83. The minimum absolute atomic E-state index is 0.249. The van der Waals surface area contributed by atoms with Crippen LogP contribution in [-0.4, -0.2) is 16.1 Å². The molecule has 0 radical (unpaired) electrons. The van der Waals surface area contributed by atoms with E-state index in [9.17, 15) is 4.79 Å². The van der Waals surface area contributed by atoms with Crippen LogP contribution in [0.25, 0.3) is 0 Å². The number of carbonyl (C=O) groups excluding carboxylic acids is 1. The van der Waals surface area contributed by atoms with Gasteiger partial charge < -0.3 is 11.1 Å². The highest BCUT2D eigenvalue weighted by Crippen LogP contribution is 2.14. The molecule has 17 heavy (non-hydrogen) atoms. The lowest BCUT2D eigenvalue weighted by molar-refractivity contribution is -0.117. The van der Waals surface area contributed by atoms with Gasteiger partial charge in [-0.2, -0.15) is 5.10 Å². The second-order valence-corrected chi connectivity index (χ2v) is 3.79. The SMILES string of the molecule is Cc1[nH]ncc1NC(=O)C(N)c1ccccc1. The molecule has 1 atom stereocenters. The molecule has 0 spiro atoms. The van der Waals surface area contributed by atoms with E-state index in [4.69, 9.17) is 5.73 Å². The van der Waals surface area contributed by atoms with Gasteiger partial charge in [0, 0.05) is 0 Å². The molecule has 1 heterocycles. The lowest BCUT2D eigenvalue weighted by Gasteiger charge is -2.11. The number of benzene rings is 1. The van der Waals surface area contributed by atoms with Gasteiger partial charge in [-0.15, -0.1) is 0 Å². The quantitative estimate of drug-likeness (QED) is 0.744. The van der Waals surface area contributed by atoms with E-state index in [2.05, 4.69) is 15.5 Å². The van der Waals surface area contributed by atoms with Gasteiger partial charge >= 0.3 is 0 Å². The number of hydrogen-bond donors (Lipinski definition) is 3. The number of H-pyrrole nitrogens is 1. The fraction of sp³-hybridized carbons (Fsp3) is 0.167. The van der Waals surface area contributed by atoms with E-state index < -0.39 is 6.04 Å². The third-order valence-corrected chi connectivity index (χ3v) is 2.53. The summed E-state index contributed by atoms with van der Waals surface area (Å²) >= 11 is 0. The van der Waals surface area contributed by atoms with E-state index in [1.165, 1.54) is 0 Å². The molecule has 4 N–H and O–H groups in total. The molecular weight excluding hydrogens is 216 g/mol. The van der Waals surface area contributed by atoms with Crippen molar-refractivity contribution in [2.24, 2.45) is 5.73 Å². The van der Waals surface area contributed by atoms with Crippen molar-refractivity contribution in [1.82, 2.24) is 10.2 Å². The van der Waals surface area contributed by atoms with Crippen molar-refractivity contribution in [3.05, 3.63) is 47.8 Å². The van der Waals surface area contributed by atoms with E-state index >= 15 is 0 Å². The predicted octanol–water partition coefficient (Wildman–Crippen LogP) is 1.36. The fourth-order valence-electron chi connectivity index (χ4n) is 1.50. The van der Waals surface area contributed by atoms with Gasteiger partial charge in [0.1, 0.15) is 6.04 Å². The topological polar surface area (TPSA) is 83.8 Å². The molecule has 5 heteroatoms. The number of aromatic nitrogens is 2. The zero-order valence-electron chi connectivity index (χ0n) is 9.47.